The second kappa shape index (κ2) is 9.91. The molecule has 7 heteroatoms. The van der Waals surface area contributed by atoms with Gasteiger partial charge in [-0.3, -0.25) is 4.79 Å². The molecule has 1 amide bonds. The number of hydrogen-bond acceptors (Lipinski definition) is 5. The molecule has 0 fully saturated rings. The number of aromatic nitrogens is 1. The van der Waals surface area contributed by atoms with Gasteiger partial charge in [0.15, 0.2) is 6.61 Å². The lowest BCUT2D eigenvalue weighted by molar-refractivity contribution is -0.119. The van der Waals surface area contributed by atoms with Crippen molar-refractivity contribution < 1.29 is 23.5 Å². The van der Waals surface area contributed by atoms with E-state index in [0.717, 1.165) is 0 Å². The van der Waals surface area contributed by atoms with Gasteiger partial charge < -0.3 is 14.8 Å². The number of amides is 1. The number of benzene rings is 3. The highest BCUT2D eigenvalue weighted by Gasteiger charge is 2.17. The number of ether oxygens (including phenoxy) is 2. The summed E-state index contributed by atoms with van der Waals surface area (Å²) in [4.78, 5) is 29.9. The Morgan fingerprint density at radius 3 is 2.48 bits per heavy atom. The summed E-state index contributed by atoms with van der Waals surface area (Å²) in [5.74, 6) is -0.988. The zero-order valence-corrected chi connectivity index (χ0v) is 17.9. The van der Waals surface area contributed by atoms with Crippen LogP contribution in [-0.2, 0) is 9.53 Å². The first kappa shape index (κ1) is 22.0. The van der Waals surface area contributed by atoms with Crippen LogP contribution in [0.2, 0.25) is 0 Å². The zero-order chi connectivity index (χ0) is 23.2. The molecular formula is C26H21FN2O4. The van der Waals surface area contributed by atoms with E-state index in [0.29, 0.717) is 40.2 Å². The first-order valence-corrected chi connectivity index (χ1v) is 10.4. The minimum Gasteiger partial charge on any atom is -0.492 e. The predicted molar refractivity (Wildman–Crippen MR) is 124 cm³/mol. The van der Waals surface area contributed by atoms with Crippen LogP contribution in [-0.4, -0.2) is 30.1 Å². The molecule has 33 heavy (non-hydrogen) atoms. The van der Waals surface area contributed by atoms with Crippen LogP contribution < -0.4 is 10.1 Å². The summed E-state index contributed by atoms with van der Waals surface area (Å²) in [6, 6.07) is 21.6. The average Bonchev–Trinajstić information content (AvgIpc) is 2.83. The average molecular weight is 444 g/mol. The highest BCUT2D eigenvalue weighted by molar-refractivity contribution is 6.05. The fourth-order valence-electron chi connectivity index (χ4n) is 3.36. The van der Waals surface area contributed by atoms with Gasteiger partial charge in [-0.05, 0) is 55.5 Å². The van der Waals surface area contributed by atoms with Gasteiger partial charge in [0.1, 0.15) is 11.6 Å². The van der Waals surface area contributed by atoms with Gasteiger partial charge in [-0.25, -0.2) is 14.2 Å². The fraction of sp³-hybridized carbons (Fsp3) is 0.115. The quantitative estimate of drug-likeness (QED) is 0.395. The van der Waals surface area contributed by atoms with E-state index in [2.05, 4.69) is 10.3 Å². The summed E-state index contributed by atoms with van der Waals surface area (Å²) in [6.45, 7) is 1.83. The molecule has 0 aliphatic heterocycles. The molecule has 0 aliphatic carbocycles. The van der Waals surface area contributed by atoms with E-state index in [1.165, 1.54) is 12.1 Å². The second-order valence-corrected chi connectivity index (χ2v) is 7.13. The van der Waals surface area contributed by atoms with Crippen molar-refractivity contribution >= 4 is 28.5 Å². The van der Waals surface area contributed by atoms with E-state index in [-0.39, 0.29) is 11.4 Å². The Morgan fingerprint density at radius 1 is 0.970 bits per heavy atom. The van der Waals surface area contributed by atoms with Crippen molar-refractivity contribution in [3.63, 3.8) is 0 Å². The summed E-state index contributed by atoms with van der Waals surface area (Å²) >= 11 is 0. The van der Waals surface area contributed by atoms with Crippen LogP contribution in [0.3, 0.4) is 0 Å². The number of anilines is 1. The van der Waals surface area contributed by atoms with E-state index in [4.69, 9.17) is 9.47 Å². The van der Waals surface area contributed by atoms with Crippen LogP contribution in [0.4, 0.5) is 10.1 Å². The third kappa shape index (κ3) is 5.15. The molecule has 0 saturated heterocycles. The maximum Gasteiger partial charge on any atom is 0.339 e. The fourth-order valence-corrected chi connectivity index (χ4v) is 3.36. The molecule has 4 aromatic rings. The SMILES string of the molecule is CCOc1ccccc1NC(=O)COC(=O)c1cc(-c2ccc(F)cc2)nc2ccccc12. The molecule has 0 spiro atoms. The number of nitrogens with one attached hydrogen (secondary N) is 1. The molecule has 3 aromatic carbocycles. The van der Waals surface area contributed by atoms with Gasteiger partial charge in [0.25, 0.3) is 5.91 Å². The van der Waals surface area contributed by atoms with E-state index < -0.39 is 18.5 Å². The summed E-state index contributed by atoms with van der Waals surface area (Å²) in [7, 11) is 0. The van der Waals surface area contributed by atoms with Gasteiger partial charge in [0.2, 0.25) is 0 Å². The molecule has 1 heterocycles. The Balaban J connectivity index is 1.54. The van der Waals surface area contributed by atoms with Crippen LogP contribution in [0.1, 0.15) is 17.3 Å². The Labute approximate surface area is 190 Å². The minimum atomic E-state index is -0.662. The van der Waals surface area contributed by atoms with E-state index in [1.54, 1.807) is 60.7 Å². The summed E-state index contributed by atoms with van der Waals surface area (Å²) in [5, 5.41) is 3.29. The van der Waals surface area contributed by atoms with Crippen molar-refractivity contribution in [2.24, 2.45) is 0 Å². The third-order valence-corrected chi connectivity index (χ3v) is 4.87. The number of esters is 1. The van der Waals surface area contributed by atoms with Gasteiger partial charge in [-0.1, -0.05) is 30.3 Å². The monoisotopic (exact) mass is 444 g/mol. The van der Waals surface area contributed by atoms with Gasteiger partial charge in [-0.15, -0.1) is 0 Å². The van der Waals surface area contributed by atoms with Crippen molar-refractivity contribution in [2.75, 3.05) is 18.5 Å². The number of para-hydroxylation sites is 3. The molecule has 4 rings (SSSR count). The Hall–Kier alpha value is -4.26. The molecule has 166 valence electrons. The maximum absolute atomic E-state index is 13.3. The van der Waals surface area contributed by atoms with Crippen LogP contribution in [0.15, 0.2) is 78.9 Å². The number of nitrogens with zero attached hydrogens (tertiary/aromatic N) is 1. The zero-order valence-electron chi connectivity index (χ0n) is 17.9. The maximum atomic E-state index is 13.3. The third-order valence-electron chi connectivity index (χ3n) is 4.87. The molecule has 0 saturated carbocycles. The molecule has 0 aliphatic rings. The van der Waals surface area contributed by atoms with Gasteiger partial charge in [0.05, 0.1) is 29.1 Å². The molecular weight excluding hydrogens is 423 g/mol. The highest BCUT2D eigenvalue weighted by atomic mass is 19.1. The lowest BCUT2D eigenvalue weighted by Gasteiger charge is -2.12. The molecule has 6 nitrogen and oxygen atoms in total. The number of pyridine rings is 1. The number of hydrogen-bond donors (Lipinski definition) is 1. The molecule has 1 N–H and O–H groups in total. The highest BCUT2D eigenvalue weighted by Crippen LogP contribution is 2.26. The standard InChI is InChI=1S/C26H21FN2O4/c1-2-32-24-10-6-5-9-22(24)29-25(30)16-33-26(31)20-15-23(17-11-13-18(27)14-12-17)28-21-8-4-3-7-19(20)21/h3-15H,2,16H2,1H3,(H,29,30). The Morgan fingerprint density at radius 2 is 1.70 bits per heavy atom. The van der Waals surface area contributed by atoms with Crippen LogP contribution in [0.25, 0.3) is 22.2 Å². The van der Waals surface area contributed by atoms with Crippen molar-refractivity contribution in [2.45, 2.75) is 6.92 Å². The van der Waals surface area contributed by atoms with Gasteiger partial charge >= 0.3 is 5.97 Å². The topological polar surface area (TPSA) is 77.5 Å². The lowest BCUT2D eigenvalue weighted by Crippen LogP contribution is -2.21. The first-order chi connectivity index (χ1) is 16.0. The van der Waals surface area contributed by atoms with Gasteiger partial charge in [-0.2, -0.15) is 0 Å². The number of rotatable bonds is 7. The van der Waals surface area contributed by atoms with Crippen molar-refractivity contribution in [1.82, 2.24) is 4.98 Å². The summed E-state index contributed by atoms with van der Waals surface area (Å²) in [5.41, 5.74) is 2.49. The molecule has 0 atom stereocenters. The number of carbonyl (C=O) groups excluding carboxylic acids is 2. The molecule has 1 aromatic heterocycles. The Kier molecular flexibility index (Phi) is 6.59. The summed E-state index contributed by atoms with van der Waals surface area (Å²) < 4.78 is 24.1. The van der Waals surface area contributed by atoms with E-state index >= 15 is 0 Å². The normalized spacial score (nSPS) is 10.6. The lowest BCUT2D eigenvalue weighted by atomic mass is 10.0. The number of carbonyl (C=O) groups is 2. The molecule has 0 bridgehead atoms. The molecule has 0 unspecified atom stereocenters. The first-order valence-electron chi connectivity index (χ1n) is 10.4. The van der Waals surface area contributed by atoms with Crippen molar-refractivity contribution in [3.05, 3.63) is 90.2 Å². The van der Waals surface area contributed by atoms with Crippen molar-refractivity contribution in [3.8, 4) is 17.0 Å². The summed E-state index contributed by atoms with van der Waals surface area (Å²) in [6.07, 6.45) is 0. The smallest absolute Gasteiger partial charge is 0.339 e. The van der Waals surface area contributed by atoms with Crippen LogP contribution >= 0.6 is 0 Å². The number of fused-ring (bicyclic) bond motifs is 1. The second-order valence-electron chi connectivity index (χ2n) is 7.13. The van der Waals surface area contributed by atoms with Crippen LogP contribution in [0.5, 0.6) is 5.75 Å². The largest absolute Gasteiger partial charge is 0.492 e. The Bertz CT molecular complexity index is 1310. The van der Waals surface area contributed by atoms with E-state index in [9.17, 15) is 14.0 Å². The molecule has 0 radical (unpaired) electrons. The van der Waals surface area contributed by atoms with Gasteiger partial charge in [0, 0.05) is 10.9 Å². The van der Waals surface area contributed by atoms with Crippen LogP contribution in [0, 0.1) is 5.82 Å². The van der Waals surface area contributed by atoms with Crippen molar-refractivity contribution in [1.29, 1.82) is 0 Å². The predicted octanol–water partition coefficient (Wildman–Crippen LogP) is 5.24. The van der Waals surface area contributed by atoms with E-state index in [1.807, 2.05) is 13.0 Å². The minimum absolute atomic E-state index is 0.266. The number of halogens is 1.